The minimum absolute atomic E-state index is 0.0877. The quantitative estimate of drug-likeness (QED) is 0.468. The number of nitrogens with zero attached hydrogens (tertiary/aromatic N) is 2. The van der Waals surface area contributed by atoms with Gasteiger partial charge in [-0.2, -0.15) is 0 Å². The molecule has 9 heteroatoms. The van der Waals surface area contributed by atoms with E-state index in [9.17, 15) is 9.59 Å². The molecule has 1 aliphatic rings. The molecule has 0 radical (unpaired) electrons. The third kappa shape index (κ3) is 3.16. The van der Waals surface area contributed by atoms with Crippen molar-refractivity contribution in [1.29, 1.82) is 0 Å². The molecule has 0 spiro atoms. The van der Waals surface area contributed by atoms with E-state index in [-0.39, 0.29) is 17.9 Å². The normalized spacial score (nSPS) is 13.1. The van der Waals surface area contributed by atoms with Gasteiger partial charge in [0.05, 0.1) is 16.8 Å². The van der Waals surface area contributed by atoms with Crippen molar-refractivity contribution in [1.82, 2.24) is 19.9 Å². The lowest BCUT2D eigenvalue weighted by Crippen LogP contribution is -2.16. The number of amides is 1. The summed E-state index contributed by atoms with van der Waals surface area (Å²) in [4.78, 5) is 41.8. The molecule has 0 aliphatic heterocycles. The summed E-state index contributed by atoms with van der Waals surface area (Å²) in [6.07, 6.45) is 5.55. The molecule has 1 aliphatic carbocycles. The minimum atomic E-state index is -0.149. The number of rotatable bonds is 5. The highest BCUT2D eigenvalue weighted by molar-refractivity contribution is 7.18. The standard InChI is InChI=1S/C19H17N5O2S2/c25-15(24-19-21-12(9-27-19)11-4-2-8-20-11)7-6-14-22-17(26)16-10-3-1-5-13(10)28-18(16)23-14/h2,4,8-9,20H,1,3,5-7H2,(H,21,24,25)(H,22,23,26). The number of carbonyl (C=O) groups excluding carboxylic acids is 1. The maximum atomic E-state index is 12.5. The van der Waals surface area contributed by atoms with Gasteiger partial charge in [-0.15, -0.1) is 22.7 Å². The predicted molar refractivity (Wildman–Crippen MR) is 111 cm³/mol. The van der Waals surface area contributed by atoms with Crippen molar-refractivity contribution in [3.8, 4) is 11.4 Å². The zero-order valence-electron chi connectivity index (χ0n) is 14.9. The molecule has 5 rings (SSSR count). The van der Waals surface area contributed by atoms with Crippen LogP contribution in [0.15, 0.2) is 28.5 Å². The van der Waals surface area contributed by atoms with Gasteiger partial charge in [0.2, 0.25) is 5.91 Å². The van der Waals surface area contributed by atoms with Crippen LogP contribution in [0, 0.1) is 0 Å². The number of carbonyl (C=O) groups is 1. The summed E-state index contributed by atoms with van der Waals surface area (Å²) in [6.45, 7) is 0. The van der Waals surface area contributed by atoms with Gasteiger partial charge in [0, 0.05) is 29.3 Å². The molecular weight excluding hydrogens is 394 g/mol. The molecule has 0 aromatic carbocycles. The van der Waals surface area contributed by atoms with Crippen LogP contribution in [0.5, 0.6) is 0 Å². The number of aromatic nitrogens is 4. The second-order valence-corrected chi connectivity index (χ2v) is 8.66. The molecule has 1 amide bonds. The molecule has 7 nitrogen and oxygen atoms in total. The topological polar surface area (TPSA) is 104 Å². The summed E-state index contributed by atoms with van der Waals surface area (Å²) >= 11 is 2.99. The molecule has 0 saturated heterocycles. The number of aryl methyl sites for hydroxylation is 3. The highest BCUT2D eigenvalue weighted by atomic mass is 32.1. The molecule has 0 saturated carbocycles. The average molecular weight is 412 g/mol. The van der Waals surface area contributed by atoms with Crippen molar-refractivity contribution >= 4 is 43.9 Å². The first kappa shape index (κ1) is 17.3. The zero-order valence-corrected chi connectivity index (χ0v) is 16.5. The number of thiophene rings is 1. The molecule has 0 fully saturated rings. The number of anilines is 1. The van der Waals surface area contributed by atoms with Gasteiger partial charge in [0.25, 0.3) is 5.56 Å². The Hall–Kier alpha value is -2.78. The monoisotopic (exact) mass is 411 g/mol. The van der Waals surface area contributed by atoms with Crippen LogP contribution in [0.3, 0.4) is 0 Å². The van der Waals surface area contributed by atoms with Crippen molar-refractivity contribution in [3.63, 3.8) is 0 Å². The fourth-order valence-corrected chi connectivity index (χ4v) is 5.53. The first-order chi connectivity index (χ1) is 13.7. The Morgan fingerprint density at radius 2 is 2.21 bits per heavy atom. The van der Waals surface area contributed by atoms with E-state index in [1.54, 1.807) is 11.3 Å². The van der Waals surface area contributed by atoms with Crippen molar-refractivity contribution < 1.29 is 4.79 Å². The number of hydrogen-bond donors (Lipinski definition) is 3. The maximum Gasteiger partial charge on any atom is 0.259 e. The highest BCUT2D eigenvalue weighted by Crippen LogP contribution is 2.34. The van der Waals surface area contributed by atoms with E-state index in [0.29, 0.717) is 17.4 Å². The Morgan fingerprint density at radius 1 is 1.29 bits per heavy atom. The molecule has 0 unspecified atom stereocenters. The van der Waals surface area contributed by atoms with Crippen LogP contribution in [-0.4, -0.2) is 25.8 Å². The van der Waals surface area contributed by atoms with E-state index in [1.165, 1.54) is 21.8 Å². The van der Waals surface area contributed by atoms with Crippen LogP contribution in [-0.2, 0) is 24.1 Å². The van der Waals surface area contributed by atoms with Crippen molar-refractivity contribution in [2.24, 2.45) is 0 Å². The second kappa shape index (κ2) is 6.99. The van der Waals surface area contributed by atoms with E-state index in [2.05, 4.69) is 25.3 Å². The zero-order chi connectivity index (χ0) is 19.1. The van der Waals surface area contributed by atoms with Crippen molar-refractivity contribution in [2.75, 3.05) is 5.32 Å². The maximum absolute atomic E-state index is 12.5. The van der Waals surface area contributed by atoms with Crippen LogP contribution in [0.25, 0.3) is 21.6 Å². The van der Waals surface area contributed by atoms with Gasteiger partial charge in [-0.25, -0.2) is 9.97 Å². The Bertz CT molecular complexity index is 1220. The third-order valence-electron chi connectivity index (χ3n) is 4.84. The van der Waals surface area contributed by atoms with Crippen LogP contribution < -0.4 is 10.9 Å². The van der Waals surface area contributed by atoms with E-state index < -0.39 is 0 Å². The molecule has 0 bridgehead atoms. The highest BCUT2D eigenvalue weighted by Gasteiger charge is 2.21. The van der Waals surface area contributed by atoms with Gasteiger partial charge in [0.1, 0.15) is 10.7 Å². The van der Waals surface area contributed by atoms with Gasteiger partial charge in [-0.3, -0.25) is 9.59 Å². The van der Waals surface area contributed by atoms with Crippen LogP contribution >= 0.6 is 22.7 Å². The summed E-state index contributed by atoms with van der Waals surface area (Å²) in [6, 6.07) is 3.83. The smallest absolute Gasteiger partial charge is 0.259 e. The SMILES string of the molecule is O=C(CCc1nc2sc3c(c2c(=O)[nH]1)CCC3)Nc1nc(-c2ccc[nH]2)cs1. The van der Waals surface area contributed by atoms with Crippen LogP contribution in [0.4, 0.5) is 5.13 Å². The summed E-state index contributed by atoms with van der Waals surface area (Å²) < 4.78 is 0. The molecule has 142 valence electrons. The lowest BCUT2D eigenvalue weighted by atomic mass is 10.2. The number of hydrogen-bond acceptors (Lipinski definition) is 6. The number of aromatic amines is 2. The van der Waals surface area contributed by atoms with Gasteiger partial charge < -0.3 is 15.3 Å². The van der Waals surface area contributed by atoms with Crippen molar-refractivity contribution in [3.05, 3.63) is 50.3 Å². The fourth-order valence-electron chi connectivity index (χ4n) is 3.52. The first-order valence-corrected chi connectivity index (χ1v) is 10.8. The predicted octanol–water partition coefficient (Wildman–Crippen LogP) is 3.50. The van der Waals surface area contributed by atoms with E-state index in [0.717, 1.165) is 40.9 Å². The molecule has 28 heavy (non-hydrogen) atoms. The van der Waals surface area contributed by atoms with Gasteiger partial charge >= 0.3 is 0 Å². The molecule has 4 aromatic heterocycles. The average Bonchev–Trinajstić information content (AvgIpc) is 3.42. The lowest BCUT2D eigenvalue weighted by Gasteiger charge is -2.02. The molecule has 3 N–H and O–H groups in total. The van der Waals surface area contributed by atoms with E-state index in [1.807, 2.05) is 23.7 Å². The largest absolute Gasteiger partial charge is 0.360 e. The number of H-pyrrole nitrogens is 2. The minimum Gasteiger partial charge on any atom is -0.360 e. The molecule has 4 aromatic rings. The van der Waals surface area contributed by atoms with E-state index in [4.69, 9.17) is 0 Å². The van der Waals surface area contributed by atoms with Gasteiger partial charge in [-0.05, 0) is 37.0 Å². The first-order valence-electron chi connectivity index (χ1n) is 9.10. The molecular formula is C19H17N5O2S2. The van der Waals surface area contributed by atoms with Gasteiger partial charge in [0.15, 0.2) is 5.13 Å². The summed E-state index contributed by atoms with van der Waals surface area (Å²) in [5.74, 6) is 0.405. The summed E-state index contributed by atoms with van der Waals surface area (Å²) in [7, 11) is 0. The van der Waals surface area contributed by atoms with Gasteiger partial charge in [-0.1, -0.05) is 0 Å². The van der Waals surface area contributed by atoms with Crippen LogP contribution in [0.1, 0.15) is 29.1 Å². The second-order valence-electron chi connectivity index (χ2n) is 6.72. The third-order valence-corrected chi connectivity index (χ3v) is 6.78. The lowest BCUT2D eigenvalue weighted by molar-refractivity contribution is -0.116. The summed E-state index contributed by atoms with van der Waals surface area (Å²) in [5.41, 5.74) is 2.79. The Balaban J connectivity index is 1.26. The number of fused-ring (bicyclic) bond motifs is 3. The summed E-state index contributed by atoms with van der Waals surface area (Å²) in [5, 5.41) is 6.01. The van der Waals surface area contributed by atoms with Crippen LogP contribution in [0.2, 0.25) is 0 Å². The number of thiazole rings is 1. The number of nitrogens with one attached hydrogen (secondary N) is 3. The fraction of sp³-hybridized carbons (Fsp3) is 0.263. The Labute approximate surface area is 167 Å². The Morgan fingerprint density at radius 3 is 3.07 bits per heavy atom. The Kier molecular flexibility index (Phi) is 4.33. The van der Waals surface area contributed by atoms with Crippen molar-refractivity contribution in [2.45, 2.75) is 32.1 Å². The molecule has 0 atom stereocenters. The molecule has 4 heterocycles. The van der Waals surface area contributed by atoms with E-state index >= 15 is 0 Å².